The quantitative estimate of drug-likeness (QED) is 0.496. The van der Waals surface area contributed by atoms with E-state index in [0.717, 1.165) is 0 Å². The smallest absolute Gasteiger partial charge is 0.372 e. The lowest BCUT2D eigenvalue weighted by atomic mass is 10.6. The van der Waals surface area contributed by atoms with Gasteiger partial charge in [0.25, 0.3) is 0 Å². The van der Waals surface area contributed by atoms with E-state index in [1.165, 1.54) is 10.7 Å². The third-order valence-electron chi connectivity index (χ3n) is 1.31. The molecule has 0 aliphatic carbocycles. The summed E-state index contributed by atoms with van der Waals surface area (Å²) in [6, 6.07) is 1.38. The van der Waals surface area contributed by atoms with Gasteiger partial charge in [-0.25, -0.2) is 0 Å². The van der Waals surface area contributed by atoms with Crippen molar-refractivity contribution in [2.45, 2.75) is 0 Å². The molecule has 0 radical (unpaired) electrons. The second-order valence-electron chi connectivity index (χ2n) is 2.02. The molecule has 1 rings (SSSR count). The van der Waals surface area contributed by atoms with Crippen molar-refractivity contribution >= 4 is 11.6 Å². The van der Waals surface area contributed by atoms with Gasteiger partial charge < -0.3 is 15.4 Å². The molecule has 6 nitrogen and oxygen atoms in total. The van der Waals surface area contributed by atoms with E-state index in [1.54, 1.807) is 14.1 Å². The lowest BCUT2D eigenvalue weighted by Crippen LogP contribution is -1.98. The third kappa shape index (κ3) is 1.28. The molecule has 0 saturated carbocycles. The highest BCUT2D eigenvalue weighted by Gasteiger charge is 2.13. The summed E-state index contributed by atoms with van der Waals surface area (Å²) in [7, 11) is 3.32. The number of hydrogen-bond acceptors (Lipinski definition) is 4. The SMILES string of the molecule is CNc1cc([N+](=O)[O-])nn1C. The molecule has 0 bridgehead atoms. The summed E-state index contributed by atoms with van der Waals surface area (Å²) in [4.78, 5) is 9.66. The van der Waals surface area contributed by atoms with Crippen molar-refractivity contribution in [3.8, 4) is 0 Å². The van der Waals surface area contributed by atoms with Crippen molar-refractivity contribution in [2.75, 3.05) is 12.4 Å². The first-order valence-corrected chi connectivity index (χ1v) is 3.01. The van der Waals surface area contributed by atoms with Crippen LogP contribution in [-0.4, -0.2) is 21.8 Å². The van der Waals surface area contributed by atoms with Gasteiger partial charge in [-0.05, 0) is 4.92 Å². The molecule has 0 fully saturated rings. The Hall–Kier alpha value is -1.59. The zero-order valence-corrected chi connectivity index (χ0v) is 6.24. The first-order chi connectivity index (χ1) is 5.15. The standard InChI is InChI=1S/C5H8N4O2/c1-6-4-3-5(9(10)11)7-8(4)2/h3,6H,1-2H3. The van der Waals surface area contributed by atoms with Crippen LogP contribution in [0.2, 0.25) is 0 Å². The highest BCUT2D eigenvalue weighted by Crippen LogP contribution is 2.13. The van der Waals surface area contributed by atoms with Gasteiger partial charge in [0.05, 0.1) is 18.2 Å². The first-order valence-electron chi connectivity index (χ1n) is 3.01. The molecule has 1 heterocycles. The summed E-state index contributed by atoms with van der Waals surface area (Å²) in [5.74, 6) is 0.480. The Kier molecular flexibility index (Phi) is 1.75. The summed E-state index contributed by atoms with van der Waals surface area (Å²) in [6.07, 6.45) is 0. The number of rotatable bonds is 2. The number of nitro groups is 1. The monoisotopic (exact) mass is 156 g/mol. The number of nitrogens with zero attached hydrogens (tertiary/aromatic N) is 3. The van der Waals surface area contributed by atoms with Crippen LogP contribution in [-0.2, 0) is 7.05 Å². The Morgan fingerprint density at radius 1 is 1.82 bits per heavy atom. The predicted molar refractivity (Wildman–Crippen MR) is 39.4 cm³/mol. The van der Waals surface area contributed by atoms with E-state index in [4.69, 9.17) is 0 Å². The van der Waals surface area contributed by atoms with Gasteiger partial charge in [0.1, 0.15) is 0 Å². The normalized spacial score (nSPS) is 9.64. The van der Waals surface area contributed by atoms with Gasteiger partial charge in [0, 0.05) is 7.05 Å². The van der Waals surface area contributed by atoms with Gasteiger partial charge >= 0.3 is 5.82 Å². The maximum atomic E-state index is 10.2. The molecule has 0 aliphatic rings. The number of nitrogens with one attached hydrogen (secondary N) is 1. The highest BCUT2D eigenvalue weighted by molar-refractivity contribution is 5.41. The van der Waals surface area contributed by atoms with Gasteiger partial charge in [-0.3, -0.25) is 0 Å². The van der Waals surface area contributed by atoms with Crippen molar-refractivity contribution in [3.63, 3.8) is 0 Å². The Morgan fingerprint density at radius 3 is 2.73 bits per heavy atom. The van der Waals surface area contributed by atoms with Gasteiger partial charge in [-0.1, -0.05) is 0 Å². The van der Waals surface area contributed by atoms with Crippen molar-refractivity contribution in [1.82, 2.24) is 9.78 Å². The van der Waals surface area contributed by atoms with E-state index in [9.17, 15) is 10.1 Å². The molecule has 6 heteroatoms. The lowest BCUT2D eigenvalue weighted by Gasteiger charge is -1.91. The van der Waals surface area contributed by atoms with Gasteiger partial charge in [0.15, 0.2) is 5.82 Å². The third-order valence-corrected chi connectivity index (χ3v) is 1.31. The maximum Gasteiger partial charge on any atom is 0.392 e. The fraction of sp³-hybridized carbons (Fsp3) is 0.400. The fourth-order valence-electron chi connectivity index (χ4n) is 0.775. The van der Waals surface area contributed by atoms with E-state index < -0.39 is 4.92 Å². The van der Waals surface area contributed by atoms with Crippen molar-refractivity contribution < 1.29 is 4.92 Å². The molecule has 0 atom stereocenters. The Morgan fingerprint density at radius 2 is 2.45 bits per heavy atom. The summed E-state index contributed by atoms with van der Waals surface area (Å²) in [6.45, 7) is 0. The molecule has 1 aromatic heterocycles. The summed E-state index contributed by atoms with van der Waals surface area (Å²) in [5, 5.41) is 16.6. The molecule has 1 aromatic rings. The van der Waals surface area contributed by atoms with Crippen molar-refractivity contribution in [2.24, 2.45) is 7.05 Å². The fourth-order valence-corrected chi connectivity index (χ4v) is 0.775. The van der Waals surface area contributed by atoms with E-state index in [1.807, 2.05) is 0 Å². The second kappa shape index (κ2) is 2.57. The molecule has 0 unspecified atom stereocenters. The van der Waals surface area contributed by atoms with Crippen LogP contribution in [0.5, 0.6) is 0 Å². The molecule has 0 saturated heterocycles. The molecule has 0 aromatic carbocycles. The van der Waals surface area contributed by atoms with E-state index in [-0.39, 0.29) is 5.82 Å². The Bertz CT molecular complexity index is 280. The predicted octanol–water partition coefficient (Wildman–Crippen LogP) is 0.370. The number of aryl methyl sites for hydroxylation is 1. The minimum atomic E-state index is -0.527. The average Bonchev–Trinajstić information content (AvgIpc) is 2.31. The molecule has 0 amide bonds. The highest BCUT2D eigenvalue weighted by atomic mass is 16.6. The van der Waals surface area contributed by atoms with Crippen LogP contribution in [0.4, 0.5) is 11.6 Å². The van der Waals surface area contributed by atoms with Crippen LogP contribution in [0.25, 0.3) is 0 Å². The molecule has 11 heavy (non-hydrogen) atoms. The van der Waals surface area contributed by atoms with Gasteiger partial charge in [-0.15, -0.1) is 0 Å². The zero-order valence-electron chi connectivity index (χ0n) is 6.24. The summed E-state index contributed by atoms with van der Waals surface area (Å²) >= 11 is 0. The second-order valence-corrected chi connectivity index (χ2v) is 2.02. The summed E-state index contributed by atoms with van der Waals surface area (Å²) in [5.41, 5.74) is 0. The minimum absolute atomic E-state index is 0.142. The van der Waals surface area contributed by atoms with Crippen LogP contribution in [0.15, 0.2) is 6.07 Å². The molecule has 0 spiro atoms. The topological polar surface area (TPSA) is 73.0 Å². The Balaban J connectivity index is 3.05. The summed E-state index contributed by atoms with van der Waals surface area (Å²) < 4.78 is 1.41. The first kappa shape index (κ1) is 7.52. The van der Waals surface area contributed by atoms with Crippen LogP contribution in [0.3, 0.4) is 0 Å². The number of anilines is 1. The molecule has 0 aliphatic heterocycles. The van der Waals surface area contributed by atoms with Crippen LogP contribution in [0.1, 0.15) is 0 Å². The number of hydrogen-bond donors (Lipinski definition) is 1. The van der Waals surface area contributed by atoms with Gasteiger partial charge in [0.2, 0.25) is 0 Å². The maximum absolute atomic E-state index is 10.2. The molecular formula is C5H8N4O2. The van der Waals surface area contributed by atoms with Crippen LogP contribution in [0, 0.1) is 10.1 Å². The Labute approximate surface area is 63.0 Å². The van der Waals surface area contributed by atoms with Crippen molar-refractivity contribution in [1.29, 1.82) is 0 Å². The molecular weight excluding hydrogens is 148 g/mol. The minimum Gasteiger partial charge on any atom is -0.372 e. The van der Waals surface area contributed by atoms with Gasteiger partial charge in [-0.2, -0.15) is 4.68 Å². The lowest BCUT2D eigenvalue weighted by molar-refractivity contribution is -0.389. The van der Waals surface area contributed by atoms with Crippen molar-refractivity contribution in [3.05, 3.63) is 16.2 Å². The van der Waals surface area contributed by atoms with E-state index >= 15 is 0 Å². The largest absolute Gasteiger partial charge is 0.392 e. The average molecular weight is 156 g/mol. The van der Waals surface area contributed by atoms with Crippen LogP contribution < -0.4 is 5.32 Å². The molecule has 1 N–H and O–H groups in total. The van der Waals surface area contributed by atoms with Crippen LogP contribution >= 0.6 is 0 Å². The van der Waals surface area contributed by atoms with E-state index in [0.29, 0.717) is 5.82 Å². The molecule has 60 valence electrons. The number of aromatic nitrogens is 2. The van der Waals surface area contributed by atoms with E-state index in [2.05, 4.69) is 10.4 Å². The zero-order chi connectivity index (χ0) is 8.43.